The zero-order valence-electron chi connectivity index (χ0n) is 14.4. The van der Waals surface area contributed by atoms with E-state index in [1.54, 1.807) is 30.3 Å². The number of carbonyl (C=O) groups is 2. The van der Waals surface area contributed by atoms with Gasteiger partial charge in [0, 0.05) is 15.7 Å². The maximum atomic E-state index is 12.7. The van der Waals surface area contributed by atoms with E-state index in [0.29, 0.717) is 40.0 Å². The molecular weight excluding hydrogens is 375 g/mol. The molecule has 1 saturated carbocycles. The highest BCUT2D eigenvalue weighted by molar-refractivity contribution is 6.32. The number of hydrogen-bond donors (Lipinski definition) is 2. The molecule has 0 saturated heterocycles. The van der Waals surface area contributed by atoms with Gasteiger partial charge in [0.1, 0.15) is 11.2 Å². The molecule has 2 amide bonds. The van der Waals surface area contributed by atoms with Gasteiger partial charge in [0.2, 0.25) is 11.8 Å². The zero-order valence-corrected chi connectivity index (χ0v) is 15.9. The molecule has 26 heavy (non-hydrogen) atoms. The second-order valence-electron chi connectivity index (χ2n) is 6.30. The highest BCUT2D eigenvalue weighted by Crippen LogP contribution is 2.48. The van der Waals surface area contributed by atoms with Crippen LogP contribution in [0.15, 0.2) is 36.4 Å². The van der Waals surface area contributed by atoms with Gasteiger partial charge in [0.15, 0.2) is 0 Å². The van der Waals surface area contributed by atoms with E-state index in [0.717, 1.165) is 5.56 Å². The number of hydrogen-bond acceptors (Lipinski definition) is 3. The first kappa shape index (κ1) is 18.5. The van der Waals surface area contributed by atoms with Crippen molar-refractivity contribution in [1.29, 1.82) is 0 Å². The van der Waals surface area contributed by atoms with E-state index < -0.39 is 5.41 Å². The summed E-state index contributed by atoms with van der Waals surface area (Å²) in [5, 5.41) is 6.55. The topological polar surface area (TPSA) is 67.4 Å². The lowest BCUT2D eigenvalue weighted by atomic mass is 10.0. The van der Waals surface area contributed by atoms with Gasteiger partial charge in [-0.3, -0.25) is 9.59 Å². The number of amides is 2. The Morgan fingerprint density at radius 3 is 2.35 bits per heavy atom. The Bertz CT molecular complexity index is 879. The van der Waals surface area contributed by atoms with E-state index >= 15 is 0 Å². The molecule has 1 fully saturated rings. The monoisotopic (exact) mass is 392 g/mol. The molecular formula is C19H18Cl2N2O3. The lowest BCUT2D eigenvalue weighted by Gasteiger charge is -2.17. The first-order valence-electron chi connectivity index (χ1n) is 8.08. The molecule has 1 aliphatic carbocycles. The summed E-state index contributed by atoms with van der Waals surface area (Å²) in [4.78, 5) is 25.4. The second-order valence-corrected chi connectivity index (χ2v) is 7.14. The second kappa shape index (κ2) is 7.17. The molecule has 136 valence electrons. The Hall–Kier alpha value is -2.24. The molecule has 0 aromatic heterocycles. The number of ether oxygens (including phenoxy) is 1. The van der Waals surface area contributed by atoms with Crippen LogP contribution < -0.4 is 15.4 Å². The van der Waals surface area contributed by atoms with Crippen LogP contribution in [0, 0.1) is 12.3 Å². The highest BCUT2D eigenvalue weighted by Gasteiger charge is 2.56. The smallest absolute Gasteiger partial charge is 0.240 e. The van der Waals surface area contributed by atoms with Crippen molar-refractivity contribution in [3.8, 4) is 5.75 Å². The van der Waals surface area contributed by atoms with Crippen molar-refractivity contribution in [1.82, 2.24) is 0 Å². The standard InChI is InChI=1S/C19H18Cl2N2O3/c1-11-3-5-13(10-14(11)21)22-17(24)19(7-8-19)18(25)23-15-9-12(20)4-6-16(15)26-2/h3-6,9-10H,7-8H2,1-2H3,(H,22,24)(H,23,25). The Morgan fingerprint density at radius 1 is 1.04 bits per heavy atom. The van der Waals surface area contributed by atoms with Gasteiger partial charge in [-0.25, -0.2) is 0 Å². The zero-order chi connectivity index (χ0) is 18.9. The van der Waals surface area contributed by atoms with Crippen LogP contribution in [0.4, 0.5) is 11.4 Å². The molecule has 7 heteroatoms. The van der Waals surface area contributed by atoms with Gasteiger partial charge in [-0.15, -0.1) is 0 Å². The molecule has 2 aromatic carbocycles. The van der Waals surface area contributed by atoms with Gasteiger partial charge < -0.3 is 15.4 Å². The minimum absolute atomic E-state index is 0.351. The van der Waals surface area contributed by atoms with Gasteiger partial charge in [-0.05, 0) is 55.7 Å². The molecule has 0 radical (unpaired) electrons. The van der Waals surface area contributed by atoms with Gasteiger partial charge in [-0.1, -0.05) is 29.3 Å². The molecule has 0 unspecified atom stereocenters. The van der Waals surface area contributed by atoms with E-state index in [9.17, 15) is 9.59 Å². The van der Waals surface area contributed by atoms with Crippen molar-refractivity contribution in [2.24, 2.45) is 5.41 Å². The fourth-order valence-corrected chi connectivity index (χ4v) is 2.98. The minimum atomic E-state index is -1.09. The normalized spacial score (nSPS) is 14.5. The number of rotatable bonds is 5. The number of anilines is 2. The maximum Gasteiger partial charge on any atom is 0.240 e. The molecule has 0 aliphatic heterocycles. The lowest BCUT2D eigenvalue weighted by molar-refractivity contribution is -0.131. The molecule has 0 heterocycles. The largest absolute Gasteiger partial charge is 0.495 e. The Morgan fingerprint density at radius 2 is 1.73 bits per heavy atom. The van der Waals surface area contributed by atoms with E-state index in [2.05, 4.69) is 10.6 Å². The molecule has 0 spiro atoms. The first-order chi connectivity index (χ1) is 12.4. The predicted molar refractivity (Wildman–Crippen MR) is 103 cm³/mol. The van der Waals surface area contributed by atoms with Crippen LogP contribution in [-0.2, 0) is 9.59 Å². The number of methoxy groups -OCH3 is 1. The SMILES string of the molecule is COc1ccc(Cl)cc1NC(=O)C1(C(=O)Nc2ccc(C)c(Cl)c2)CC1. The summed E-state index contributed by atoms with van der Waals surface area (Å²) in [6.45, 7) is 1.88. The maximum absolute atomic E-state index is 12.7. The van der Waals surface area contributed by atoms with Crippen LogP contribution in [-0.4, -0.2) is 18.9 Å². The van der Waals surface area contributed by atoms with Gasteiger partial charge in [-0.2, -0.15) is 0 Å². The summed E-state index contributed by atoms with van der Waals surface area (Å²) in [5.41, 5.74) is 0.814. The Balaban J connectivity index is 1.75. The van der Waals surface area contributed by atoms with Crippen LogP contribution in [0.3, 0.4) is 0 Å². The molecule has 3 rings (SSSR count). The van der Waals surface area contributed by atoms with E-state index in [4.69, 9.17) is 27.9 Å². The summed E-state index contributed by atoms with van der Waals surface area (Å²) in [7, 11) is 1.50. The number of carbonyl (C=O) groups excluding carboxylic acids is 2. The van der Waals surface area contributed by atoms with Crippen LogP contribution in [0.2, 0.25) is 10.0 Å². The number of benzene rings is 2. The van der Waals surface area contributed by atoms with Crippen LogP contribution in [0.5, 0.6) is 5.75 Å². The number of nitrogens with one attached hydrogen (secondary N) is 2. The van der Waals surface area contributed by atoms with Crippen molar-refractivity contribution in [2.45, 2.75) is 19.8 Å². The quantitative estimate of drug-likeness (QED) is 0.726. The summed E-state index contributed by atoms with van der Waals surface area (Å²) in [6, 6.07) is 10.2. The Kier molecular flexibility index (Phi) is 5.12. The van der Waals surface area contributed by atoms with Crippen LogP contribution >= 0.6 is 23.2 Å². The molecule has 0 bridgehead atoms. The van der Waals surface area contributed by atoms with Crippen molar-refractivity contribution in [3.05, 3.63) is 52.0 Å². The third-order valence-corrected chi connectivity index (χ3v) is 5.10. The Labute approximate surface area is 161 Å². The molecule has 0 atom stereocenters. The number of aryl methyl sites for hydroxylation is 1. The molecule has 1 aliphatic rings. The average Bonchev–Trinajstić information content (AvgIpc) is 3.40. The molecule has 5 nitrogen and oxygen atoms in total. The van der Waals surface area contributed by atoms with Crippen molar-refractivity contribution in [3.63, 3.8) is 0 Å². The minimum Gasteiger partial charge on any atom is -0.495 e. The number of halogens is 2. The van der Waals surface area contributed by atoms with E-state index in [1.807, 2.05) is 13.0 Å². The van der Waals surface area contributed by atoms with Crippen LogP contribution in [0.1, 0.15) is 18.4 Å². The average molecular weight is 393 g/mol. The fraction of sp³-hybridized carbons (Fsp3) is 0.263. The van der Waals surface area contributed by atoms with Crippen molar-refractivity contribution < 1.29 is 14.3 Å². The molecule has 2 N–H and O–H groups in total. The van der Waals surface area contributed by atoms with Gasteiger partial charge in [0.05, 0.1) is 12.8 Å². The lowest BCUT2D eigenvalue weighted by Crippen LogP contribution is -2.35. The summed E-state index contributed by atoms with van der Waals surface area (Å²) >= 11 is 12.1. The first-order valence-corrected chi connectivity index (χ1v) is 8.84. The van der Waals surface area contributed by atoms with Crippen molar-refractivity contribution >= 4 is 46.4 Å². The highest BCUT2D eigenvalue weighted by atomic mass is 35.5. The predicted octanol–water partition coefficient (Wildman–Crippen LogP) is 4.67. The van der Waals surface area contributed by atoms with Crippen LogP contribution in [0.25, 0.3) is 0 Å². The third-order valence-electron chi connectivity index (χ3n) is 4.46. The third kappa shape index (κ3) is 3.64. The van der Waals surface area contributed by atoms with Crippen molar-refractivity contribution in [2.75, 3.05) is 17.7 Å². The summed E-state index contributed by atoms with van der Waals surface area (Å²) < 4.78 is 5.23. The summed E-state index contributed by atoms with van der Waals surface area (Å²) in [6.07, 6.45) is 0.959. The van der Waals surface area contributed by atoms with E-state index in [1.165, 1.54) is 7.11 Å². The summed E-state index contributed by atoms with van der Waals surface area (Å²) in [5.74, 6) is -0.256. The fourth-order valence-electron chi connectivity index (χ4n) is 2.62. The van der Waals surface area contributed by atoms with Gasteiger partial charge >= 0.3 is 0 Å². The van der Waals surface area contributed by atoms with E-state index in [-0.39, 0.29) is 11.8 Å². The van der Waals surface area contributed by atoms with Gasteiger partial charge in [0.25, 0.3) is 0 Å². The molecule has 2 aromatic rings.